The maximum Gasteiger partial charge on any atom is 0.418 e. The largest absolute Gasteiger partial charge is 0.418 e. The molecule has 118 valence electrons. The van der Waals surface area contributed by atoms with Gasteiger partial charge in [-0.15, -0.1) is 0 Å². The topological polar surface area (TPSA) is 29.3 Å². The van der Waals surface area contributed by atoms with Crippen molar-refractivity contribution < 1.29 is 13.2 Å². The molecule has 1 heterocycles. The second-order valence-electron chi connectivity index (χ2n) is 6.85. The number of nitrogens with two attached hydrogens (primary N) is 1. The van der Waals surface area contributed by atoms with Crippen molar-refractivity contribution in [1.82, 2.24) is 0 Å². The van der Waals surface area contributed by atoms with Crippen LogP contribution in [-0.2, 0) is 12.7 Å². The normalized spacial score (nSPS) is 20.1. The summed E-state index contributed by atoms with van der Waals surface area (Å²) in [6.07, 6.45) is -3.42. The molecule has 1 saturated heterocycles. The first-order valence-corrected chi connectivity index (χ1v) is 7.28. The summed E-state index contributed by atoms with van der Waals surface area (Å²) in [6.45, 7) is 7.89. The highest BCUT2D eigenvalue weighted by molar-refractivity contribution is 5.57. The molecule has 0 saturated carbocycles. The molecular formula is C16H23F3N2. The van der Waals surface area contributed by atoms with Gasteiger partial charge in [-0.1, -0.05) is 26.8 Å². The maximum absolute atomic E-state index is 13.3. The Hall–Kier alpha value is -1.23. The molecule has 0 spiro atoms. The number of rotatable bonds is 2. The molecule has 1 aliphatic heterocycles. The smallest absolute Gasteiger partial charge is 0.371 e. The zero-order valence-electron chi connectivity index (χ0n) is 12.8. The van der Waals surface area contributed by atoms with Crippen LogP contribution in [-0.4, -0.2) is 13.1 Å². The molecular weight excluding hydrogens is 277 g/mol. The molecule has 0 aromatic heterocycles. The second-order valence-corrected chi connectivity index (χ2v) is 6.85. The molecule has 1 aromatic carbocycles. The molecule has 2 rings (SSSR count). The quantitative estimate of drug-likeness (QED) is 0.893. The fourth-order valence-corrected chi connectivity index (χ4v) is 2.90. The molecule has 1 unspecified atom stereocenters. The van der Waals surface area contributed by atoms with Crippen molar-refractivity contribution in [1.29, 1.82) is 0 Å². The van der Waals surface area contributed by atoms with Crippen LogP contribution in [0.15, 0.2) is 18.2 Å². The molecule has 1 atom stereocenters. The van der Waals surface area contributed by atoms with E-state index in [2.05, 4.69) is 20.8 Å². The Morgan fingerprint density at radius 2 is 1.90 bits per heavy atom. The van der Waals surface area contributed by atoms with Crippen molar-refractivity contribution in [2.75, 3.05) is 18.0 Å². The van der Waals surface area contributed by atoms with E-state index in [-0.39, 0.29) is 17.6 Å². The number of nitrogens with zero attached hydrogens (tertiary/aromatic N) is 1. The Bertz CT molecular complexity index is 503. The van der Waals surface area contributed by atoms with Gasteiger partial charge in [0, 0.05) is 25.3 Å². The standard InChI is InChI=1S/C16H23F3N2/c1-15(2,3)12-6-7-21(10-12)14-5-4-11(9-20)8-13(14)16(17,18)19/h4-5,8,12H,6-7,9-10,20H2,1-3H3. The molecule has 1 fully saturated rings. The molecule has 2 N–H and O–H groups in total. The van der Waals surface area contributed by atoms with E-state index in [4.69, 9.17) is 5.73 Å². The average molecular weight is 300 g/mol. The summed E-state index contributed by atoms with van der Waals surface area (Å²) in [5.74, 6) is 0.410. The number of alkyl halides is 3. The lowest BCUT2D eigenvalue weighted by atomic mass is 9.80. The van der Waals surface area contributed by atoms with Gasteiger partial charge in [-0.05, 0) is 35.4 Å². The Labute approximate surface area is 124 Å². The summed E-state index contributed by atoms with van der Waals surface area (Å²) < 4.78 is 39.8. The van der Waals surface area contributed by atoms with Crippen LogP contribution >= 0.6 is 0 Å². The highest BCUT2D eigenvalue weighted by Crippen LogP contribution is 2.41. The van der Waals surface area contributed by atoms with Gasteiger partial charge in [-0.3, -0.25) is 0 Å². The summed E-state index contributed by atoms with van der Waals surface area (Å²) in [5, 5.41) is 0. The van der Waals surface area contributed by atoms with E-state index in [9.17, 15) is 13.2 Å². The van der Waals surface area contributed by atoms with Crippen LogP contribution in [0.5, 0.6) is 0 Å². The fraction of sp³-hybridized carbons (Fsp3) is 0.625. The van der Waals surface area contributed by atoms with Crippen molar-refractivity contribution in [2.45, 2.75) is 39.9 Å². The highest BCUT2D eigenvalue weighted by atomic mass is 19.4. The third-order valence-corrected chi connectivity index (χ3v) is 4.36. The third kappa shape index (κ3) is 3.51. The van der Waals surface area contributed by atoms with Crippen LogP contribution in [0.3, 0.4) is 0 Å². The third-order valence-electron chi connectivity index (χ3n) is 4.36. The summed E-state index contributed by atoms with van der Waals surface area (Å²) >= 11 is 0. The van der Waals surface area contributed by atoms with Crippen LogP contribution in [0.25, 0.3) is 0 Å². The minimum atomic E-state index is -4.35. The van der Waals surface area contributed by atoms with Gasteiger partial charge in [-0.25, -0.2) is 0 Å². The van der Waals surface area contributed by atoms with E-state index in [1.54, 1.807) is 12.1 Å². The lowest BCUT2D eigenvalue weighted by Crippen LogP contribution is -2.27. The Morgan fingerprint density at radius 1 is 1.24 bits per heavy atom. The Balaban J connectivity index is 2.32. The second kappa shape index (κ2) is 5.52. The molecule has 0 aliphatic carbocycles. The van der Waals surface area contributed by atoms with Crippen molar-refractivity contribution in [3.05, 3.63) is 29.3 Å². The molecule has 2 nitrogen and oxygen atoms in total. The van der Waals surface area contributed by atoms with E-state index < -0.39 is 11.7 Å². The first-order chi connectivity index (χ1) is 9.63. The molecule has 1 aromatic rings. The molecule has 21 heavy (non-hydrogen) atoms. The van der Waals surface area contributed by atoms with Crippen molar-refractivity contribution in [2.24, 2.45) is 17.1 Å². The molecule has 5 heteroatoms. The summed E-state index contributed by atoms with van der Waals surface area (Å²) in [5.41, 5.74) is 5.81. The Kier molecular flexibility index (Phi) is 4.24. The first kappa shape index (κ1) is 16.1. The predicted molar refractivity (Wildman–Crippen MR) is 79.1 cm³/mol. The molecule has 0 bridgehead atoms. The van der Waals surface area contributed by atoms with E-state index in [0.717, 1.165) is 6.42 Å². The summed E-state index contributed by atoms with van der Waals surface area (Å²) in [6, 6.07) is 4.44. The van der Waals surface area contributed by atoms with Gasteiger partial charge in [0.05, 0.1) is 5.56 Å². The van der Waals surface area contributed by atoms with Gasteiger partial charge in [0.25, 0.3) is 0 Å². The van der Waals surface area contributed by atoms with Gasteiger partial charge in [0.15, 0.2) is 0 Å². The zero-order chi connectivity index (χ0) is 15.8. The van der Waals surface area contributed by atoms with Gasteiger partial charge in [-0.2, -0.15) is 13.2 Å². The minimum Gasteiger partial charge on any atom is -0.371 e. The lowest BCUT2D eigenvalue weighted by molar-refractivity contribution is -0.137. The number of benzene rings is 1. The highest BCUT2D eigenvalue weighted by Gasteiger charge is 2.38. The van der Waals surface area contributed by atoms with Crippen LogP contribution < -0.4 is 10.6 Å². The van der Waals surface area contributed by atoms with Crippen LogP contribution in [0.1, 0.15) is 38.3 Å². The van der Waals surface area contributed by atoms with E-state index in [0.29, 0.717) is 24.6 Å². The first-order valence-electron chi connectivity index (χ1n) is 7.28. The van der Waals surface area contributed by atoms with E-state index in [1.165, 1.54) is 6.07 Å². The summed E-state index contributed by atoms with van der Waals surface area (Å²) in [4.78, 5) is 1.86. The Morgan fingerprint density at radius 3 is 2.38 bits per heavy atom. The maximum atomic E-state index is 13.3. The van der Waals surface area contributed by atoms with Gasteiger partial charge >= 0.3 is 6.18 Å². The van der Waals surface area contributed by atoms with Crippen LogP contribution in [0.2, 0.25) is 0 Å². The van der Waals surface area contributed by atoms with Crippen molar-refractivity contribution >= 4 is 5.69 Å². The lowest BCUT2D eigenvalue weighted by Gasteiger charge is -2.28. The van der Waals surface area contributed by atoms with Crippen LogP contribution in [0, 0.1) is 11.3 Å². The van der Waals surface area contributed by atoms with Crippen molar-refractivity contribution in [3.63, 3.8) is 0 Å². The van der Waals surface area contributed by atoms with Gasteiger partial charge < -0.3 is 10.6 Å². The summed E-state index contributed by atoms with van der Waals surface area (Å²) in [7, 11) is 0. The zero-order valence-corrected chi connectivity index (χ0v) is 12.8. The van der Waals surface area contributed by atoms with Crippen molar-refractivity contribution in [3.8, 4) is 0 Å². The van der Waals surface area contributed by atoms with Crippen LogP contribution in [0.4, 0.5) is 18.9 Å². The average Bonchev–Trinajstić information content (AvgIpc) is 2.86. The van der Waals surface area contributed by atoms with Gasteiger partial charge in [0.1, 0.15) is 0 Å². The number of anilines is 1. The van der Waals surface area contributed by atoms with E-state index >= 15 is 0 Å². The predicted octanol–water partition coefficient (Wildman–Crippen LogP) is 4.04. The van der Waals surface area contributed by atoms with Gasteiger partial charge in [0.2, 0.25) is 0 Å². The fourth-order valence-electron chi connectivity index (χ4n) is 2.90. The number of hydrogen-bond donors (Lipinski definition) is 1. The molecule has 0 amide bonds. The van der Waals surface area contributed by atoms with E-state index in [1.807, 2.05) is 4.90 Å². The monoisotopic (exact) mass is 300 g/mol. The minimum absolute atomic E-state index is 0.115. The number of halogens is 3. The molecule has 1 aliphatic rings. The number of hydrogen-bond acceptors (Lipinski definition) is 2. The molecule has 0 radical (unpaired) electrons. The SMILES string of the molecule is CC(C)(C)C1CCN(c2ccc(CN)cc2C(F)(F)F)C1.